The highest BCUT2D eigenvalue weighted by Crippen LogP contribution is 2.31. The average Bonchev–Trinajstić information content (AvgIpc) is 3.31. The summed E-state index contributed by atoms with van der Waals surface area (Å²) in [6, 6.07) is 12.8. The minimum atomic E-state index is -0.377. The van der Waals surface area contributed by atoms with E-state index in [-0.39, 0.29) is 30.1 Å². The number of hydrogen-bond donors (Lipinski definition) is 1. The third kappa shape index (κ3) is 5.00. The van der Waals surface area contributed by atoms with Crippen LogP contribution in [0.3, 0.4) is 0 Å². The number of para-hydroxylation sites is 1. The standard InChI is InChI=1S/C25H25FN4O3/c1-16-20(25(32)29-19-11-9-18(26)10-12-19)15-27-24(28-16)21-7-5-13-30(21)23(31)14-17-6-3-4-8-22(17)33-2/h3-4,6,8-12,15,21H,5,7,13-14H2,1-2H3,(H,29,32)/t21-/m1/s1. The Morgan fingerprint density at radius 3 is 2.67 bits per heavy atom. The van der Waals surface area contributed by atoms with Crippen LogP contribution in [0.25, 0.3) is 0 Å². The van der Waals surface area contributed by atoms with E-state index >= 15 is 0 Å². The van der Waals surface area contributed by atoms with E-state index in [1.165, 1.54) is 30.5 Å². The molecule has 1 aliphatic rings. The Hall–Kier alpha value is -3.81. The van der Waals surface area contributed by atoms with Crippen molar-refractivity contribution in [2.24, 2.45) is 0 Å². The van der Waals surface area contributed by atoms with Crippen LogP contribution in [0, 0.1) is 12.7 Å². The van der Waals surface area contributed by atoms with Gasteiger partial charge in [0.05, 0.1) is 30.8 Å². The van der Waals surface area contributed by atoms with Gasteiger partial charge in [0.25, 0.3) is 5.91 Å². The molecule has 1 atom stereocenters. The fourth-order valence-electron chi connectivity index (χ4n) is 4.05. The van der Waals surface area contributed by atoms with Crippen molar-refractivity contribution in [1.82, 2.24) is 14.9 Å². The number of anilines is 1. The molecule has 0 spiro atoms. The number of benzene rings is 2. The van der Waals surface area contributed by atoms with Crippen molar-refractivity contribution in [3.63, 3.8) is 0 Å². The lowest BCUT2D eigenvalue weighted by Gasteiger charge is -2.24. The Bertz CT molecular complexity index is 1170. The van der Waals surface area contributed by atoms with Gasteiger partial charge in [-0.05, 0) is 50.1 Å². The molecule has 4 rings (SSSR count). The fraction of sp³-hybridized carbons (Fsp3) is 0.280. The summed E-state index contributed by atoms with van der Waals surface area (Å²) < 4.78 is 18.5. The molecule has 170 valence electrons. The zero-order valence-electron chi connectivity index (χ0n) is 18.5. The van der Waals surface area contributed by atoms with Gasteiger partial charge in [0.1, 0.15) is 11.6 Å². The van der Waals surface area contributed by atoms with E-state index in [0.717, 1.165) is 18.4 Å². The number of aromatic nitrogens is 2. The summed E-state index contributed by atoms with van der Waals surface area (Å²) in [5.41, 5.74) is 2.16. The average molecular weight is 448 g/mol. The summed E-state index contributed by atoms with van der Waals surface area (Å²) in [5, 5.41) is 2.72. The third-order valence-corrected chi connectivity index (χ3v) is 5.75. The van der Waals surface area contributed by atoms with Crippen molar-refractivity contribution in [2.75, 3.05) is 19.0 Å². The van der Waals surface area contributed by atoms with Crippen molar-refractivity contribution < 1.29 is 18.7 Å². The van der Waals surface area contributed by atoms with Crippen LogP contribution in [-0.4, -0.2) is 40.3 Å². The number of amides is 2. The molecule has 1 fully saturated rings. The van der Waals surface area contributed by atoms with Crippen LogP contribution >= 0.6 is 0 Å². The van der Waals surface area contributed by atoms with Crippen LogP contribution in [-0.2, 0) is 11.2 Å². The summed E-state index contributed by atoms with van der Waals surface area (Å²) in [6.45, 7) is 2.37. The minimum Gasteiger partial charge on any atom is -0.496 e. The molecule has 7 nitrogen and oxygen atoms in total. The molecule has 1 N–H and O–H groups in total. The van der Waals surface area contributed by atoms with Crippen LogP contribution in [0.1, 0.15) is 46.3 Å². The number of likely N-dealkylation sites (tertiary alicyclic amines) is 1. The second kappa shape index (κ2) is 9.77. The molecule has 8 heteroatoms. The minimum absolute atomic E-state index is 0.0126. The van der Waals surface area contributed by atoms with Gasteiger partial charge in [0.2, 0.25) is 5.91 Å². The maximum absolute atomic E-state index is 13.1. The van der Waals surface area contributed by atoms with Crippen LogP contribution in [0.15, 0.2) is 54.7 Å². The van der Waals surface area contributed by atoms with Crippen LogP contribution in [0.5, 0.6) is 5.75 Å². The van der Waals surface area contributed by atoms with E-state index in [9.17, 15) is 14.0 Å². The summed E-state index contributed by atoms with van der Waals surface area (Å²) in [5.74, 6) is 0.447. The largest absolute Gasteiger partial charge is 0.496 e. The first kappa shape index (κ1) is 22.4. The number of carbonyl (C=O) groups is 2. The first-order valence-electron chi connectivity index (χ1n) is 10.8. The molecule has 33 heavy (non-hydrogen) atoms. The molecule has 2 heterocycles. The molecule has 0 saturated carbocycles. The van der Waals surface area contributed by atoms with E-state index in [1.807, 2.05) is 24.3 Å². The topological polar surface area (TPSA) is 84.4 Å². The zero-order valence-corrected chi connectivity index (χ0v) is 18.5. The SMILES string of the molecule is COc1ccccc1CC(=O)N1CCC[C@@H]1c1ncc(C(=O)Nc2ccc(F)cc2)c(C)n1. The molecule has 0 bridgehead atoms. The van der Waals surface area contributed by atoms with Crippen molar-refractivity contribution in [1.29, 1.82) is 0 Å². The molecule has 3 aromatic rings. The van der Waals surface area contributed by atoms with E-state index in [4.69, 9.17) is 4.74 Å². The zero-order chi connectivity index (χ0) is 23.4. The highest BCUT2D eigenvalue weighted by molar-refractivity contribution is 6.04. The van der Waals surface area contributed by atoms with Crippen molar-refractivity contribution >= 4 is 17.5 Å². The second-order valence-electron chi connectivity index (χ2n) is 7.92. The van der Waals surface area contributed by atoms with Crippen molar-refractivity contribution in [3.8, 4) is 5.75 Å². The number of nitrogens with zero attached hydrogens (tertiary/aromatic N) is 3. The first-order chi connectivity index (χ1) is 16.0. The molecular weight excluding hydrogens is 423 g/mol. The van der Waals surface area contributed by atoms with Crippen molar-refractivity contribution in [2.45, 2.75) is 32.2 Å². The Kier molecular flexibility index (Phi) is 6.63. The molecule has 0 radical (unpaired) electrons. The summed E-state index contributed by atoms with van der Waals surface area (Å²) in [7, 11) is 1.59. The fourth-order valence-corrected chi connectivity index (χ4v) is 4.05. The molecule has 2 amide bonds. The summed E-state index contributed by atoms with van der Waals surface area (Å²) in [4.78, 5) is 36.5. The lowest BCUT2D eigenvalue weighted by Crippen LogP contribution is -2.33. The van der Waals surface area contributed by atoms with Gasteiger partial charge in [-0.15, -0.1) is 0 Å². The molecule has 2 aromatic carbocycles. The summed E-state index contributed by atoms with van der Waals surface area (Å²) in [6.07, 6.45) is 3.34. The Morgan fingerprint density at radius 1 is 1.18 bits per heavy atom. The maximum Gasteiger partial charge on any atom is 0.259 e. The molecule has 0 aliphatic carbocycles. The lowest BCUT2D eigenvalue weighted by molar-refractivity contribution is -0.131. The van der Waals surface area contributed by atoms with E-state index in [1.54, 1.807) is 18.9 Å². The number of halogens is 1. The first-order valence-corrected chi connectivity index (χ1v) is 10.8. The maximum atomic E-state index is 13.1. The lowest BCUT2D eigenvalue weighted by atomic mass is 10.1. The van der Waals surface area contributed by atoms with Crippen LogP contribution in [0.2, 0.25) is 0 Å². The molecular formula is C25H25FN4O3. The van der Waals surface area contributed by atoms with Gasteiger partial charge in [-0.1, -0.05) is 18.2 Å². The highest BCUT2D eigenvalue weighted by atomic mass is 19.1. The van der Waals surface area contributed by atoms with E-state index < -0.39 is 0 Å². The number of carbonyl (C=O) groups excluding carboxylic acids is 2. The summed E-state index contributed by atoms with van der Waals surface area (Å²) >= 11 is 0. The molecule has 1 aliphatic heterocycles. The number of nitrogens with one attached hydrogen (secondary N) is 1. The molecule has 0 unspecified atom stereocenters. The van der Waals surface area contributed by atoms with Crippen LogP contribution in [0.4, 0.5) is 10.1 Å². The Balaban J connectivity index is 1.48. The van der Waals surface area contributed by atoms with Gasteiger partial charge in [-0.25, -0.2) is 14.4 Å². The van der Waals surface area contributed by atoms with E-state index in [2.05, 4.69) is 15.3 Å². The number of methoxy groups -OCH3 is 1. The molecule has 1 aromatic heterocycles. The number of aryl methyl sites for hydroxylation is 1. The van der Waals surface area contributed by atoms with Gasteiger partial charge in [-0.3, -0.25) is 9.59 Å². The number of rotatable bonds is 6. The van der Waals surface area contributed by atoms with Gasteiger partial charge >= 0.3 is 0 Å². The highest BCUT2D eigenvalue weighted by Gasteiger charge is 2.32. The Morgan fingerprint density at radius 2 is 1.94 bits per heavy atom. The number of ether oxygens (including phenoxy) is 1. The van der Waals surface area contributed by atoms with E-state index in [0.29, 0.717) is 35.1 Å². The third-order valence-electron chi connectivity index (χ3n) is 5.75. The Labute approximate surface area is 191 Å². The number of hydrogen-bond acceptors (Lipinski definition) is 5. The van der Waals surface area contributed by atoms with Gasteiger partial charge in [-0.2, -0.15) is 0 Å². The quantitative estimate of drug-likeness (QED) is 0.614. The van der Waals surface area contributed by atoms with Gasteiger partial charge in [0, 0.05) is 24.0 Å². The normalized spacial score (nSPS) is 15.4. The second-order valence-corrected chi connectivity index (χ2v) is 7.92. The van der Waals surface area contributed by atoms with Gasteiger partial charge in [0.15, 0.2) is 5.82 Å². The predicted octanol–water partition coefficient (Wildman–Crippen LogP) is 4.09. The van der Waals surface area contributed by atoms with Crippen LogP contribution < -0.4 is 10.1 Å². The van der Waals surface area contributed by atoms with Gasteiger partial charge < -0.3 is 15.0 Å². The molecule has 1 saturated heterocycles. The smallest absolute Gasteiger partial charge is 0.259 e. The van der Waals surface area contributed by atoms with Crippen molar-refractivity contribution in [3.05, 3.63) is 83.2 Å². The monoisotopic (exact) mass is 448 g/mol. The predicted molar refractivity (Wildman–Crippen MR) is 122 cm³/mol.